The summed E-state index contributed by atoms with van der Waals surface area (Å²) in [5, 5.41) is 0. The smallest absolute Gasteiger partial charge is 0.0277 e. The van der Waals surface area contributed by atoms with Crippen LogP contribution in [0.15, 0.2) is 28.8 Å². The van der Waals surface area contributed by atoms with E-state index in [2.05, 4.69) is 30.3 Å². The highest BCUT2D eigenvalue weighted by Crippen LogP contribution is 2.18. The molecule has 0 N–H and O–H groups in total. The Kier molecular flexibility index (Phi) is 3.43. The van der Waals surface area contributed by atoms with Gasteiger partial charge in [0.1, 0.15) is 0 Å². The first kappa shape index (κ1) is 10.2. The molecule has 0 fully saturated rings. The van der Waals surface area contributed by atoms with Crippen molar-refractivity contribution >= 4 is 6.21 Å². The molecule has 0 atom stereocenters. The van der Waals surface area contributed by atoms with E-state index in [1.54, 1.807) is 0 Å². The van der Waals surface area contributed by atoms with E-state index < -0.39 is 0 Å². The summed E-state index contributed by atoms with van der Waals surface area (Å²) in [6.07, 6.45) is 3.89. The van der Waals surface area contributed by atoms with Crippen LogP contribution in [0.5, 0.6) is 0 Å². The second kappa shape index (κ2) is 4.38. The molecule has 0 saturated carbocycles. The van der Waals surface area contributed by atoms with Crippen LogP contribution >= 0.6 is 0 Å². The zero-order chi connectivity index (χ0) is 9.84. The Labute approximate surface area is 80.7 Å². The van der Waals surface area contributed by atoms with Crippen molar-refractivity contribution in [2.75, 3.05) is 20.1 Å². The predicted octanol–water partition coefficient (Wildman–Crippen LogP) is 1.89. The Balaban J connectivity index is 2.74. The van der Waals surface area contributed by atoms with E-state index in [9.17, 15) is 0 Å². The van der Waals surface area contributed by atoms with Crippen molar-refractivity contribution in [1.29, 1.82) is 0 Å². The first-order valence-corrected chi connectivity index (χ1v) is 4.69. The second-order valence-corrected chi connectivity index (χ2v) is 3.64. The van der Waals surface area contributed by atoms with Gasteiger partial charge < -0.3 is 0 Å². The van der Waals surface area contributed by atoms with E-state index in [1.807, 2.05) is 19.3 Å². The lowest BCUT2D eigenvalue weighted by Crippen LogP contribution is -2.29. The van der Waals surface area contributed by atoms with Gasteiger partial charge in [0.2, 0.25) is 0 Å². The van der Waals surface area contributed by atoms with Gasteiger partial charge in [-0.2, -0.15) is 0 Å². The average molecular weight is 178 g/mol. The molecule has 1 rings (SSSR count). The summed E-state index contributed by atoms with van der Waals surface area (Å²) in [5.74, 6) is 0. The molecule has 0 spiro atoms. The van der Waals surface area contributed by atoms with Gasteiger partial charge in [-0.25, -0.2) is 0 Å². The second-order valence-electron chi connectivity index (χ2n) is 3.64. The highest BCUT2D eigenvalue weighted by Gasteiger charge is 2.20. The maximum Gasteiger partial charge on any atom is 0.0277 e. The summed E-state index contributed by atoms with van der Waals surface area (Å²) in [6.45, 7) is 10.3. The molecule has 0 radical (unpaired) electrons. The molecule has 1 heterocycles. The van der Waals surface area contributed by atoms with Crippen molar-refractivity contribution < 1.29 is 0 Å². The fourth-order valence-corrected chi connectivity index (χ4v) is 1.54. The molecule has 0 aromatic carbocycles. The van der Waals surface area contributed by atoms with Crippen molar-refractivity contribution in [3.05, 3.63) is 23.8 Å². The van der Waals surface area contributed by atoms with Crippen LogP contribution in [0.25, 0.3) is 0 Å². The Morgan fingerprint density at radius 2 is 2.00 bits per heavy atom. The van der Waals surface area contributed by atoms with Crippen molar-refractivity contribution in [2.45, 2.75) is 19.9 Å². The molecule has 0 saturated heterocycles. The molecule has 2 nitrogen and oxygen atoms in total. The molecule has 0 amide bonds. The lowest BCUT2D eigenvalue weighted by molar-refractivity contribution is 0.284. The van der Waals surface area contributed by atoms with Crippen LogP contribution in [0.4, 0.5) is 0 Å². The summed E-state index contributed by atoms with van der Waals surface area (Å²) in [6, 6.07) is 0.595. The molecular weight excluding hydrogens is 160 g/mol. The van der Waals surface area contributed by atoms with Gasteiger partial charge in [-0.05, 0) is 25.0 Å². The molecule has 1 aliphatic rings. The number of hydrogen-bond acceptors (Lipinski definition) is 2. The number of hydrogen-bond donors (Lipinski definition) is 0. The molecule has 0 bridgehead atoms. The fraction of sp³-hybridized carbons (Fsp3) is 0.545. The molecule has 2 heteroatoms. The Morgan fingerprint density at radius 3 is 2.46 bits per heavy atom. The van der Waals surface area contributed by atoms with Crippen LogP contribution in [0.2, 0.25) is 0 Å². The average Bonchev–Trinajstić information content (AvgIpc) is 2.48. The van der Waals surface area contributed by atoms with E-state index >= 15 is 0 Å². The third kappa shape index (κ3) is 2.28. The van der Waals surface area contributed by atoms with Gasteiger partial charge in [0.25, 0.3) is 0 Å². The largest absolute Gasteiger partial charge is 0.296 e. The first-order chi connectivity index (χ1) is 6.19. The maximum atomic E-state index is 4.05. The van der Waals surface area contributed by atoms with E-state index in [0.29, 0.717) is 6.04 Å². The third-order valence-electron chi connectivity index (χ3n) is 2.42. The summed E-state index contributed by atoms with van der Waals surface area (Å²) in [7, 11) is 1.81. The van der Waals surface area contributed by atoms with Gasteiger partial charge in [0, 0.05) is 32.4 Å². The summed E-state index contributed by atoms with van der Waals surface area (Å²) in [5.41, 5.74) is 2.63. The predicted molar refractivity (Wildman–Crippen MR) is 58.3 cm³/mol. The van der Waals surface area contributed by atoms with Crippen molar-refractivity contribution in [1.82, 2.24) is 4.90 Å². The van der Waals surface area contributed by atoms with Gasteiger partial charge in [0.15, 0.2) is 0 Å². The molecule has 0 unspecified atom stereocenters. The first-order valence-electron chi connectivity index (χ1n) is 4.69. The maximum absolute atomic E-state index is 4.05. The van der Waals surface area contributed by atoms with E-state index in [1.165, 1.54) is 11.1 Å². The topological polar surface area (TPSA) is 15.6 Å². The minimum absolute atomic E-state index is 0.595. The highest BCUT2D eigenvalue weighted by atomic mass is 15.2. The van der Waals surface area contributed by atoms with Crippen LogP contribution in [0.1, 0.15) is 13.8 Å². The number of aliphatic imine (C=N–C) groups is 1. The van der Waals surface area contributed by atoms with Crippen LogP contribution in [-0.4, -0.2) is 37.3 Å². The Bertz CT molecular complexity index is 249. The van der Waals surface area contributed by atoms with Gasteiger partial charge >= 0.3 is 0 Å². The van der Waals surface area contributed by atoms with Crippen molar-refractivity contribution in [3.63, 3.8) is 0 Å². The minimum atomic E-state index is 0.595. The number of rotatable bonds is 3. The normalized spacial score (nSPS) is 19.4. The van der Waals surface area contributed by atoms with Crippen molar-refractivity contribution in [2.24, 2.45) is 4.99 Å². The summed E-state index contributed by atoms with van der Waals surface area (Å²) < 4.78 is 0. The van der Waals surface area contributed by atoms with Crippen molar-refractivity contribution in [3.8, 4) is 0 Å². The molecule has 1 aliphatic heterocycles. The summed E-state index contributed by atoms with van der Waals surface area (Å²) >= 11 is 0. The Hall–Kier alpha value is -0.890. The van der Waals surface area contributed by atoms with Crippen LogP contribution in [-0.2, 0) is 0 Å². The SMILES string of the molecule is C=CC1=C(/C=N\C)CN(C(C)C)C1. The highest BCUT2D eigenvalue weighted by molar-refractivity contribution is 5.82. The Morgan fingerprint density at radius 1 is 1.38 bits per heavy atom. The molecule has 72 valence electrons. The van der Waals surface area contributed by atoms with Gasteiger partial charge in [-0.15, -0.1) is 0 Å². The van der Waals surface area contributed by atoms with Gasteiger partial charge in [-0.1, -0.05) is 12.7 Å². The molecule has 0 aromatic heterocycles. The summed E-state index contributed by atoms with van der Waals surface area (Å²) in [4.78, 5) is 6.46. The van der Waals surface area contributed by atoms with E-state index in [0.717, 1.165) is 13.1 Å². The monoisotopic (exact) mass is 178 g/mol. The third-order valence-corrected chi connectivity index (χ3v) is 2.42. The lowest BCUT2D eigenvalue weighted by Gasteiger charge is -2.19. The fourth-order valence-electron chi connectivity index (χ4n) is 1.54. The quantitative estimate of drug-likeness (QED) is 0.603. The van der Waals surface area contributed by atoms with Crippen LogP contribution in [0, 0.1) is 0 Å². The molecule has 0 aromatic rings. The molecule has 13 heavy (non-hydrogen) atoms. The van der Waals surface area contributed by atoms with Gasteiger partial charge in [-0.3, -0.25) is 9.89 Å². The lowest BCUT2D eigenvalue weighted by atomic mass is 10.2. The van der Waals surface area contributed by atoms with Crippen LogP contribution < -0.4 is 0 Å². The zero-order valence-electron chi connectivity index (χ0n) is 8.75. The van der Waals surface area contributed by atoms with E-state index in [-0.39, 0.29) is 0 Å². The number of nitrogens with zero attached hydrogens (tertiary/aromatic N) is 2. The standard InChI is InChI=1S/C11H18N2/c1-5-10-7-13(9(2)3)8-11(10)6-12-4/h5-6,9H,1,7-8H2,2-4H3/b12-6-. The molecule has 0 aliphatic carbocycles. The zero-order valence-corrected chi connectivity index (χ0v) is 8.75. The van der Waals surface area contributed by atoms with E-state index in [4.69, 9.17) is 0 Å². The molecular formula is C11H18N2. The van der Waals surface area contributed by atoms with Crippen LogP contribution in [0.3, 0.4) is 0 Å². The van der Waals surface area contributed by atoms with Gasteiger partial charge in [0.05, 0.1) is 0 Å². The minimum Gasteiger partial charge on any atom is -0.296 e.